The van der Waals surface area contributed by atoms with Crippen LogP contribution in [0.1, 0.15) is 11.5 Å². The number of aromatic nitrogens is 2. The zero-order valence-electron chi connectivity index (χ0n) is 15.8. The summed E-state index contributed by atoms with van der Waals surface area (Å²) in [7, 11) is 0. The van der Waals surface area contributed by atoms with E-state index in [0.29, 0.717) is 11.1 Å². The van der Waals surface area contributed by atoms with Crippen molar-refractivity contribution in [1.29, 1.82) is 0 Å². The Morgan fingerprint density at radius 2 is 1.83 bits per heavy atom. The monoisotopic (exact) mass is 405 g/mol. The molecule has 29 heavy (non-hydrogen) atoms. The van der Waals surface area contributed by atoms with Crippen LogP contribution in [-0.4, -0.2) is 21.9 Å². The van der Waals surface area contributed by atoms with Crippen LogP contribution in [0, 0.1) is 6.92 Å². The summed E-state index contributed by atoms with van der Waals surface area (Å²) in [6.45, 7) is 2.16. The van der Waals surface area contributed by atoms with E-state index in [2.05, 4.69) is 15.5 Å². The molecule has 1 N–H and O–H groups in total. The first-order valence-corrected chi connectivity index (χ1v) is 10.1. The summed E-state index contributed by atoms with van der Waals surface area (Å²) in [6.07, 6.45) is 0. The molecular formula is C22H19N3O3S. The summed E-state index contributed by atoms with van der Waals surface area (Å²) in [5, 5.41) is 13.3. The van der Waals surface area contributed by atoms with E-state index in [0.717, 1.165) is 27.8 Å². The number of thioether (sulfide) groups is 1. The molecule has 0 aliphatic carbocycles. The van der Waals surface area contributed by atoms with E-state index in [-0.39, 0.29) is 18.3 Å². The van der Waals surface area contributed by atoms with Crippen molar-refractivity contribution in [3.8, 4) is 5.75 Å². The molecule has 0 fully saturated rings. The summed E-state index contributed by atoms with van der Waals surface area (Å²) in [4.78, 5) is 12.1. The minimum absolute atomic E-state index is 0.134. The van der Waals surface area contributed by atoms with Crippen molar-refractivity contribution in [3.05, 3.63) is 78.2 Å². The second-order valence-corrected chi connectivity index (χ2v) is 7.36. The van der Waals surface area contributed by atoms with Crippen LogP contribution in [-0.2, 0) is 11.4 Å². The first kappa shape index (κ1) is 19.0. The molecule has 7 heteroatoms. The van der Waals surface area contributed by atoms with Crippen molar-refractivity contribution in [2.45, 2.75) is 18.8 Å². The number of anilines is 1. The molecule has 4 rings (SSSR count). The second kappa shape index (κ2) is 8.79. The molecule has 0 bridgehead atoms. The Bertz CT molecular complexity index is 1120. The van der Waals surface area contributed by atoms with Crippen LogP contribution in [0.15, 0.2) is 76.4 Å². The number of amides is 1. The third kappa shape index (κ3) is 4.94. The number of nitrogens with zero attached hydrogens (tertiary/aromatic N) is 2. The second-order valence-electron chi connectivity index (χ2n) is 6.43. The third-order valence-corrected chi connectivity index (χ3v) is 5.03. The summed E-state index contributed by atoms with van der Waals surface area (Å²) in [6, 6.07) is 21.5. The van der Waals surface area contributed by atoms with E-state index in [4.69, 9.17) is 9.15 Å². The SMILES string of the molecule is Cc1ccc(NC(=O)CSc2nnc(COc3cccc4ccccc34)o2)cc1. The number of carbonyl (C=O) groups is 1. The Balaban J connectivity index is 1.30. The van der Waals surface area contributed by atoms with Gasteiger partial charge >= 0.3 is 0 Å². The fraction of sp³-hybridized carbons (Fsp3) is 0.136. The van der Waals surface area contributed by atoms with E-state index in [1.54, 1.807) is 0 Å². The van der Waals surface area contributed by atoms with Crippen LogP contribution < -0.4 is 10.1 Å². The standard InChI is InChI=1S/C22H19N3O3S/c1-15-9-11-17(12-10-15)23-20(26)14-29-22-25-24-21(28-22)13-27-19-8-4-6-16-5-2-3-7-18(16)19/h2-12H,13-14H2,1H3,(H,23,26). The molecule has 4 aromatic rings. The van der Waals surface area contributed by atoms with Crippen molar-refractivity contribution < 1.29 is 13.9 Å². The van der Waals surface area contributed by atoms with Crippen molar-refractivity contribution in [2.75, 3.05) is 11.1 Å². The van der Waals surface area contributed by atoms with Gasteiger partial charge in [-0.05, 0) is 30.5 Å². The zero-order chi connectivity index (χ0) is 20.1. The molecule has 3 aromatic carbocycles. The Morgan fingerprint density at radius 3 is 2.69 bits per heavy atom. The fourth-order valence-electron chi connectivity index (χ4n) is 2.78. The van der Waals surface area contributed by atoms with E-state index in [1.807, 2.05) is 73.7 Å². The predicted molar refractivity (Wildman–Crippen MR) is 113 cm³/mol. The minimum Gasteiger partial charge on any atom is -0.483 e. The molecule has 146 valence electrons. The molecule has 0 unspecified atom stereocenters. The number of ether oxygens (including phenoxy) is 1. The van der Waals surface area contributed by atoms with Gasteiger partial charge in [0.15, 0.2) is 6.61 Å². The van der Waals surface area contributed by atoms with Gasteiger partial charge in [0.25, 0.3) is 11.1 Å². The molecule has 0 aliphatic heterocycles. The maximum atomic E-state index is 12.1. The van der Waals surface area contributed by atoms with Gasteiger partial charge in [-0.15, -0.1) is 10.2 Å². The Kier molecular flexibility index (Phi) is 5.76. The number of hydrogen-bond donors (Lipinski definition) is 1. The normalized spacial score (nSPS) is 10.8. The quantitative estimate of drug-likeness (QED) is 0.443. The van der Waals surface area contributed by atoms with E-state index in [1.165, 1.54) is 11.8 Å². The summed E-state index contributed by atoms with van der Waals surface area (Å²) < 4.78 is 11.4. The van der Waals surface area contributed by atoms with Gasteiger partial charge in [0.2, 0.25) is 5.91 Å². The highest BCUT2D eigenvalue weighted by Gasteiger charge is 2.11. The van der Waals surface area contributed by atoms with Crippen LogP contribution in [0.4, 0.5) is 5.69 Å². The maximum absolute atomic E-state index is 12.1. The number of carbonyl (C=O) groups excluding carboxylic acids is 1. The largest absolute Gasteiger partial charge is 0.483 e. The summed E-state index contributed by atoms with van der Waals surface area (Å²) in [5.41, 5.74) is 1.90. The van der Waals surface area contributed by atoms with Crippen LogP contribution in [0.3, 0.4) is 0 Å². The molecule has 1 aromatic heterocycles. The molecule has 1 amide bonds. The van der Waals surface area contributed by atoms with Gasteiger partial charge in [-0.25, -0.2) is 0 Å². The average Bonchev–Trinajstić information content (AvgIpc) is 3.20. The lowest BCUT2D eigenvalue weighted by atomic mass is 10.1. The zero-order valence-corrected chi connectivity index (χ0v) is 16.6. The van der Waals surface area contributed by atoms with Crippen LogP contribution in [0.2, 0.25) is 0 Å². The fourth-order valence-corrected chi connectivity index (χ4v) is 3.36. The molecule has 0 atom stereocenters. The lowest BCUT2D eigenvalue weighted by Gasteiger charge is -2.07. The third-order valence-electron chi connectivity index (χ3n) is 4.21. The molecular weight excluding hydrogens is 386 g/mol. The molecule has 0 saturated carbocycles. The summed E-state index contributed by atoms with van der Waals surface area (Å²) >= 11 is 1.19. The number of rotatable bonds is 7. The summed E-state index contributed by atoms with van der Waals surface area (Å²) in [5.74, 6) is 1.16. The highest BCUT2D eigenvalue weighted by molar-refractivity contribution is 7.99. The van der Waals surface area contributed by atoms with Crippen LogP contribution in [0.25, 0.3) is 10.8 Å². The van der Waals surface area contributed by atoms with Crippen molar-refractivity contribution in [2.24, 2.45) is 0 Å². The number of benzene rings is 3. The number of hydrogen-bond acceptors (Lipinski definition) is 6. The van der Waals surface area contributed by atoms with Crippen LogP contribution in [0.5, 0.6) is 5.75 Å². The van der Waals surface area contributed by atoms with Gasteiger partial charge in [0.1, 0.15) is 5.75 Å². The van der Waals surface area contributed by atoms with Crippen LogP contribution >= 0.6 is 11.8 Å². The predicted octanol–water partition coefficient (Wildman–Crippen LogP) is 4.84. The Morgan fingerprint density at radius 1 is 1.03 bits per heavy atom. The lowest BCUT2D eigenvalue weighted by Crippen LogP contribution is -2.13. The van der Waals surface area contributed by atoms with E-state index in [9.17, 15) is 4.79 Å². The molecule has 0 radical (unpaired) electrons. The topological polar surface area (TPSA) is 77.2 Å². The molecule has 0 spiro atoms. The first-order chi connectivity index (χ1) is 14.2. The lowest BCUT2D eigenvalue weighted by molar-refractivity contribution is -0.113. The minimum atomic E-state index is -0.134. The van der Waals surface area contributed by atoms with Gasteiger partial charge in [-0.1, -0.05) is 65.9 Å². The molecule has 0 aliphatic rings. The van der Waals surface area contributed by atoms with Gasteiger partial charge in [-0.2, -0.15) is 0 Å². The average molecular weight is 405 g/mol. The first-order valence-electron chi connectivity index (χ1n) is 9.10. The maximum Gasteiger partial charge on any atom is 0.277 e. The van der Waals surface area contributed by atoms with Crippen molar-refractivity contribution in [1.82, 2.24) is 10.2 Å². The Hall–Kier alpha value is -3.32. The van der Waals surface area contributed by atoms with Crippen molar-refractivity contribution >= 4 is 34.1 Å². The van der Waals surface area contributed by atoms with E-state index < -0.39 is 0 Å². The number of fused-ring (bicyclic) bond motifs is 1. The van der Waals surface area contributed by atoms with Gasteiger partial charge in [-0.3, -0.25) is 4.79 Å². The molecule has 0 saturated heterocycles. The highest BCUT2D eigenvalue weighted by atomic mass is 32.2. The highest BCUT2D eigenvalue weighted by Crippen LogP contribution is 2.26. The van der Waals surface area contributed by atoms with Gasteiger partial charge in [0.05, 0.1) is 5.75 Å². The van der Waals surface area contributed by atoms with Gasteiger partial charge < -0.3 is 14.5 Å². The Labute approximate surface area is 172 Å². The number of nitrogens with one attached hydrogen (secondary N) is 1. The van der Waals surface area contributed by atoms with E-state index >= 15 is 0 Å². The molecule has 1 heterocycles. The van der Waals surface area contributed by atoms with Crippen molar-refractivity contribution in [3.63, 3.8) is 0 Å². The molecule has 6 nitrogen and oxygen atoms in total. The smallest absolute Gasteiger partial charge is 0.277 e. The van der Waals surface area contributed by atoms with Gasteiger partial charge in [0, 0.05) is 11.1 Å². The number of aryl methyl sites for hydroxylation is 1.